The second kappa shape index (κ2) is 3.39. The molecular weight excluding hydrogens is 160 g/mol. The lowest BCUT2D eigenvalue weighted by molar-refractivity contribution is 0.397. The number of sulfone groups is 1. The molecule has 0 aliphatic carbocycles. The van der Waals surface area contributed by atoms with Crippen LogP contribution in [-0.4, -0.2) is 14.2 Å². The van der Waals surface area contributed by atoms with Gasteiger partial charge in [0.2, 0.25) is 0 Å². The van der Waals surface area contributed by atoms with Crippen LogP contribution in [0.15, 0.2) is 12.0 Å². The Morgan fingerprint density at radius 2 is 1.82 bits per heavy atom. The summed E-state index contributed by atoms with van der Waals surface area (Å²) in [5.41, 5.74) is 0.0794. The molecule has 0 fully saturated rings. The minimum absolute atomic E-state index is 0.0794. The summed E-state index contributed by atoms with van der Waals surface area (Å²) in [5.74, 6) is 0.208. The summed E-state index contributed by atoms with van der Waals surface area (Å²) >= 11 is 0. The molecule has 0 saturated carbocycles. The summed E-state index contributed by atoms with van der Waals surface area (Å²) < 4.78 is 21.9. The minimum atomic E-state index is -2.99. The summed E-state index contributed by atoms with van der Waals surface area (Å²) in [5, 5.41) is 1.03. The molecule has 2 nitrogen and oxygen atoms in total. The van der Waals surface area contributed by atoms with Crippen molar-refractivity contribution in [3.63, 3.8) is 0 Å². The predicted octanol–water partition coefficient (Wildman–Crippen LogP) is 1.98. The van der Waals surface area contributed by atoms with Crippen molar-refractivity contribution >= 4 is 9.84 Å². The van der Waals surface area contributed by atoms with Crippen LogP contribution in [0.5, 0.6) is 0 Å². The van der Waals surface area contributed by atoms with Gasteiger partial charge in [-0.25, -0.2) is 8.42 Å². The van der Waals surface area contributed by atoms with E-state index in [2.05, 4.69) is 6.58 Å². The molecule has 0 saturated heterocycles. The summed E-state index contributed by atoms with van der Waals surface area (Å²) in [6.45, 7) is 9.30. The van der Waals surface area contributed by atoms with Gasteiger partial charge in [-0.3, -0.25) is 0 Å². The maximum atomic E-state index is 10.9. The highest BCUT2D eigenvalue weighted by atomic mass is 32.2. The van der Waals surface area contributed by atoms with Gasteiger partial charge < -0.3 is 0 Å². The monoisotopic (exact) mass is 176 g/mol. The first kappa shape index (κ1) is 10.7. The van der Waals surface area contributed by atoms with Crippen molar-refractivity contribution in [2.75, 3.05) is 5.75 Å². The minimum Gasteiger partial charge on any atom is -0.224 e. The van der Waals surface area contributed by atoms with E-state index in [1.807, 2.05) is 20.8 Å². The smallest absolute Gasteiger partial charge is 0.171 e. The Morgan fingerprint density at radius 3 is 2.09 bits per heavy atom. The number of hydrogen-bond donors (Lipinski definition) is 0. The van der Waals surface area contributed by atoms with Crippen LogP contribution < -0.4 is 0 Å². The molecule has 0 atom stereocenters. The maximum absolute atomic E-state index is 10.9. The SMILES string of the molecule is C=CS(=O)(=O)CCC(C)(C)C. The standard InChI is InChI=1S/C8H16O2S/c1-5-11(9,10)7-6-8(2,3)4/h5H,1,6-7H2,2-4H3. The quantitative estimate of drug-likeness (QED) is 0.659. The topological polar surface area (TPSA) is 34.1 Å². The van der Waals surface area contributed by atoms with Crippen molar-refractivity contribution in [2.24, 2.45) is 5.41 Å². The van der Waals surface area contributed by atoms with E-state index < -0.39 is 9.84 Å². The normalized spacial score (nSPS) is 13.0. The van der Waals surface area contributed by atoms with Crippen LogP contribution in [-0.2, 0) is 9.84 Å². The van der Waals surface area contributed by atoms with Crippen LogP contribution >= 0.6 is 0 Å². The van der Waals surface area contributed by atoms with Gasteiger partial charge in [0, 0.05) is 5.41 Å². The predicted molar refractivity (Wildman–Crippen MR) is 48.1 cm³/mol. The molecule has 0 unspecified atom stereocenters. The lowest BCUT2D eigenvalue weighted by atomic mass is 9.94. The molecule has 0 aliphatic heterocycles. The lowest BCUT2D eigenvalue weighted by Crippen LogP contribution is -2.12. The van der Waals surface area contributed by atoms with Crippen LogP contribution in [0.1, 0.15) is 27.2 Å². The van der Waals surface area contributed by atoms with Crippen molar-refractivity contribution in [1.82, 2.24) is 0 Å². The first-order valence-corrected chi connectivity index (χ1v) is 5.33. The summed E-state index contributed by atoms with van der Waals surface area (Å²) in [6.07, 6.45) is 0.682. The molecule has 0 aliphatic rings. The first-order chi connectivity index (χ1) is 4.77. The fourth-order valence-electron chi connectivity index (χ4n) is 0.532. The Bertz CT molecular complexity index is 219. The third-order valence-electron chi connectivity index (χ3n) is 1.39. The molecule has 0 aromatic carbocycles. The molecular formula is C8H16O2S. The summed E-state index contributed by atoms with van der Waals surface area (Å²) in [7, 11) is -2.99. The van der Waals surface area contributed by atoms with E-state index in [0.29, 0.717) is 6.42 Å². The van der Waals surface area contributed by atoms with E-state index in [-0.39, 0.29) is 11.2 Å². The van der Waals surface area contributed by atoms with E-state index in [1.54, 1.807) is 0 Å². The molecule has 0 N–H and O–H groups in total. The second-order valence-electron chi connectivity index (χ2n) is 3.84. The van der Waals surface area contributed by atoms with Crippen LogP contribution in [0.3, 0.4) is 0 Å². The average molecular weight is 176 g/mol. The first-order valence-electron chi connectivity index (χ1n) is 3.62. The Kier molecular flexibility index (Phi) is 3.30. The van der Waals surface area contributed by atoms with Gasteiger partial charge in [-0.15, -0.1) is 0 Å². The Hall–Kier alpha value is -0.310. The Labute approximate surface area is 69.2 Å². The van der Waals surface area contributed by atoms with Crippen molar-refractivity contribution < 1.29 is 8.42 Å². The van der Waals surface area contributed by atoms with Gasteiger partial charge >= 0.3 is 0 Å². The van der Waals surface area contributed by atoms with Crippen molar-refractivity contribution in [3.8, 4) is 0 Å². The number of hydrogen-bond acceptors (Lipinski definition) is 2. The fourth-order valence-corrected chi connectivity index (χ4v) is 1.60. The fraction of sp³-hybridized carbons (Fsp3) is 0.750. The van der Waals surface area contributed by atoms with Gasteiger partial charge in [0.05, 0.1) is 5.75 Å². The van der Waals surface area contributed by atoms with Crippen molar-refractivity contribution in [1.29, 1.82) is 0 Å². The Balaban J connectivity index is 4.01. The molecule has 0 bridgehead atoms. The highest BCUT2D eigenvalue weighted by Crippen LogP contribution is 2.19. The molecule has 0 spiro atoms. The number of rotatable bonds is 3. The van der Waals surface area contributed by atoms with Crippen LogP contribution in [0.4, 0.5) is 0 Å². The third-order valence-corrected chi connectivity index (χ3v) is 2.67. The van der Waals surface area contributed by atoms with E-state index in [9.17, 15) is 8.42 Å². The summed E-state index contributed by atoms with van der Waals surface area (Å²) in [4.78, 5) is 0. The summed E-state index contributed by atoms with van der Waals surface area (Å²) in [6, 6.07) is 0. The van der Waals surface area contributed by atoms with Crippen LogP contribution in [0.25, 0.3) is 0 Å². The van der Waals surface area contributed by atoms with E-state index in [1.165, 1.54) is 0 Å². The van der Waals surface area contributed by atoms with E-state index >= 15 is 0 Å². The molecule has 66 valence electrons. The van der Waals surface area contributed by atoms with Gasteiger partial charge in [0.15, 0.2) is 9.84 Å². The molecule has 3 heteroatoms. The zero-order valence-corrected chi connectivity index (χ0v) is 8.24. The zero-order chi connectivity index (χ0) is 9.12. The van der Waals surface area contributed by atoms with Gasteiger partial charge in [-0.2, -0.15) is 0 Å². The largest absolute Gasteiger partial charge is 0.224 e. The van der Waals surface area contributed by atoms with Crippen molar-refractivity contribution in [2.45, 2.75) is 27.2 Å². The maximum Gasteiger partial charge on any atom is 0.171 e. The van der Waals surface area contributed by atoms with Crippen molar-refractivity contribution in [3.05, 3.63) is 12.0 Å². The molecule has 11 heavy (non-hydrogen) atoms. The van der Waals surface area contributed by atoms with Gasteiger partial charge in [0.25, 0.3) is 0 Å². The highest BCUT2D eigenvalue weighted by molar-refractivity contribution is 7.94. The van der Waals surface area contributed by atoms with Gasteiger partial charge in [-0.1, -0.05) is 27.4 Å². The third kappa shape index (κ3) is 6.10. The van der Waals surface area contributed by atoms with Gasteiger partial charge in [-0.05, 0) is 11.8 Å². The zero-order valence-electron chi connectivity index (χ0n) is 7.42. The second-order valence-corrected chi connectivity index (χ2v) is 5.91. The molecule has 0 radical (unpaired) electrons. The molecule has 0 aromatic rings. The van der Waals surface area contributed by atoms with E-state index in [0.717, 1.165) is 5.41 Å². The lowest BCUT2D eigenvalue weighted by Gasteiger charge is -2.16. The molecule has 0 aromatic heterocycles. The van der Waals surface area contributed by atoms with Crippen LogP contribution in [0.2, 0.25) is 0 Å². The van der Waals surface area contributed by atoms with Gasteiger partial charge in [0.1, 0.15) is 0 Å². The van der Waals surface area contributed by atoms with E-state index in [4.69, 9.17) is 0 Å². The molecule has 0 rings (SSSR count). The Morgan fingerprint density at radius 1 is 1.36 bits per heavy atom. The van der Waals surface area contributed by atoms with Crippen LogP contribution in [0, 0.1) is 5.41 Å². The average Bonchev–Trinajstić information content (AvgIpc) is 1.83. The highest BCUT2D eigenvalue weighted by Gasteiger charge is 2.14. The molecule has 0 heterocycles. The molecule has 0 amide bonds.